The van der Waals surface area contributed by atoms with Crippen molar-refractivity contribution >= 4 is 12.6 Å². The van der Waals surface area contributed by atoms with E-state index in [9.17, 15) is 0 Å². The van der Waals surface area contributed by atoms with Crippen LogP contribution in [0.15, 0.2) is 29.2 Å². The van der Waals surface area contributed by atoms with Gasteiger partial charge in [-0.1, -0.05) is 32.9 Å². The van der Waals surface area contributed by atoms with Gasteiger partial charge in [-0.2, -0.15) is 0 Å². The molecule has 0 N–H and O–H groups in total. The molecule has 0 aliphatic carbocycles. The summed E-state index contributed by atoms with van der Waals surface area (Å²) in [6.45, 7) is 6.63. The molecule has 0 radical (unpaired) electrons. The Morgan fingerprint density at radius 1 is 1.08 bits per heavy atom. The maximum atomic E-state index is 4.23. The Labute approximate surface area is 104 Å². The first-order valence-electron chi connectivity index (χ1n) is 3.79. The fourth-order valence-corrected chi connectivity index (χ4v) is 1.11. The Hall–Kier alpha value is 0.570. The molecule has 0 aliphatic heterocycles. The molecule has 12 heavy (non-hydrogen) atoms. The van der Waals surface area contributed by atoms with Gasteiger partial charge >= 0.3 is 29.6 Å². The van der Waals surface area contributed by atoms with Crippen molar-refractivity contribution in [3.8, 4) is 0 Å². The second-order valence-corrected chi connectivity index (χ2v) is 4.31. The van der Waals surface area contributed by atoms with Crippen molar-refractivity contribution in [2.75, 3.05) is 0 Å². The van der Waals surface area contributed by atoms with E-state index in [0.717, 1.165) is 4.90 Å². The molecule has 62 valence electrons. The third-order valence-electron chi connectivity index (χ3n) is 1.73. The molecule has 0 amide bonds. The molecular weight excluding hydrogens is 175 g/mol. The third-order valence-corrected chi connectivity index (χ3v) is 2.03. The van der Waals surface area contributed by atoms with Gasteiger partial charge in [0.15, 0.2) is 0 Å². The fraction of sp³-hybridized carbons (Fsp3) is 0.400. The largest absolute Gasteiger partial charge is 1.00 e. The summed E-state index contributed by atoms with van der Waals surface area (Å²) >= 11 is 4.23. The molecule has 2 heteroatoms. The maximum Gasteiger partial charge on any atom is 1.00 e. The van der Waals surface area contributed by atoms with Crippen molar-refractivity contribution in [2.45, 2.75) is 31.1 Å². The first-order chi connectivity index (χ1) is 5.00. The van der Waals surface area contributed by atoms with Crippen molar-refractivity contribution < 1.29 is 31.0 Å². The van der Waals surface area contributed by atoms with Gasteiger partial charge in [0, 0.05) is 4.90 Å². The van der Waals surface area contributed by atoms with Gasteiger partial charge in [-0.3, -0.25) is 0 Å². The minimum absolute atomic E-state index is 0. The average molecular weight is 190 g/mol. The molecule has 0 atom stereocenters. The van der Waals surface area contributed by atoms with E-state index in [-0.39, 0.29) is 36.4 Å². The van der Waals surface area contributed by atoms with Crippen molar-refractivity contribution in [2.24, 2.45) is 0 Å². The van der Waals surface area contributed by atoms with E-state index in [4.69, 9.17) is 0 Å². The zero-order chi connectivity index (χ0) is 8.48. The first-order valence-corrected chi connectivity index (χ1v) is 4.24. The Kier molecular flexibility index (Phi) is 4.93. The summed E-state index contributed by atoms with van der Waals surface area (Å²) in [6, 6.07) is 8.32. The van der Waals surface area contributed by atoms with Gasteiger partial charge in [0.2, 0.25) is 0 Å². The summed E-state index contributed by atoms with van der Waals surface area (Å²) in [5.74, 6) is 0. The smallest absolute Gasteiger partial charge is 1.00 e. The monoisotopic (exact) mass is 190 g/mol. The van der Waals surface area contributed by atoms with E-state index in [1.807, 2.05) is 12.1 Å². The van der Waals surface area contributed by atoms with Crippen molar-refractivity contribution in [3.63, 3.8) is 0 Å². The number of thiol groups is 1. The standard InChI is InChI=1S/C10H14S.Na.H/c1-10(2,3)8-4-6-9(11)7-5-8;;/h4-7,11H,1-3H3;;/q;+1;-1. The van der Waals surface area contributed by atoms with Gasteiger partial charge < -0.3 is 1.43 Å². The minimum Gasteiger partial charge on any atom is -1.00 e. The summed E-state index contributed by atoms with van der Waals surface area (Å²) in [7, 11) is 0. The fourth-order valence-electron chi connectivity index (χ4n) is 0.961. The van der Waals surface area contributed by atoms with Gasteiger partial charge in [-0.25, -0.2) is 0 Å². The molecule has 1 aromatic rings. The molecule has 0 fully saturated rings. The van der Waals surface area contributed by atoms with Crippen LogP contribution in [0.5, 0.6) is 0 Å². The summed E-state index contributed by atoms with van der Waals surface area (Å²) in [5.41, 5.74) is 1.61. The summed E-state index contributed by atoms with van der Waals surface area (Å²) in [6.07, 6.45) is 0. The number of hydrogen-bond acceptors (Lipinski definition) is 1. The Morgan fingerprint density at radius 3 is 1.83 bits per heavy atom. The van der Waals surface area contributed by atoms with Crippen molar-refractivity contribution in [1.82, 2.24) is 0 Å². The van der Waals surface area contributed by atoms with Crippen LogP contribution in [-0.2, 0) is 5.41 Å². The van der Waals surface area contributed by atoms with Gasteiger partial charge in [0.1, 0.15) is 0 Å². The van der Waals surface area contributed by atoms with E-state index in [1.165, 1.54) is 5.56 Å². The first kappa shape index (κ1) is 12.6. The SMILES string of the molecule is CC(C)(C)c1ccc(S)cc1.[H-].[Na+]. The summed E-state index contributed by atoms with van der Waals surface area (Å²) in [4.78, 5) is 1.03. The van der Waals surface area contributed by atoms with E-state index >= 15 is 0 Å². The van der Waals surface area contributed by atoms with E-state index in [1.54, 1.807) is 0 Å². The van der Waals surface area contributed by atoms with Crippen LogP contribution in [0.1, 0.15) is 27.8 Å². The number of benzene rings is 1. The second kappa shape index (κ2) is 4.71. The van der Waals surface area contributed by atoms with Crippen LogP contribution in [0.2, 0.25) is 0 Å². The average Bonchev–Trinajstić information content (AvgIpc) is 1.86. The molecular formula is C10H15NaS. The van der Waals surface area contributed by atoms with Crippen molar-refractivity contribution in [1.29, 1.82) is 0 Å². The van der Waals surface area contributed by atoms with Crippen LogP contribution in [0.25, 0.3) is 0 Å². The van der Waals surface area contributed by atoms with Gasteiger partial charge in [-0.05, 0) is 23.1 Å². The minimum atomic E-state index is 0. The third kappa shape index (κ3) is 3.53. The summed E-state index contributed by atoms with van der Waals surface area (Å²) < 4.78 is 0. The molecule has 0 spiro atoms. The number of hydrogen-bond donors (Lipinski definition) is 1. The molecule has 0 nitrogen and oxygen atoms in total. The van der Waals surface area contributed by atoms with Gasteiger partial charge in [0.25, 0.3) is 0 Å². The second-order valence-electron chi connectivity index (χ2n) is 3.80. The van der Waals surface area contributed by atoms with Crippen LogP contribution in [-0.4, -0.2) is 0 Å². The molecule has 0 heterocycles. The molecule has 0 saturated carbocycles. The van der Waals surface area contributed by atoms with Gasteiger partial charge in [-0.15, -0.1) is 12.6 Å². The number of rotatable bonds is 0. The van der Waals surface area contributed by atoms with Crippen LogP contribution < -0.4 is 29.6 Å². The Morgan fingerprint density at radius 2 is 1.50 bits per heavy atom. The maximum absolute atomic E-state index is 4.23. The topological polar surface area (TPSA) is 0 Å². The van der Waals surface area contributed by atoms with Crippen LogP contribution in [0.3, 0.4) is 0 Å². The predicted molar refractivity (Wildman–Crippen MR) is 53.5 cm³/mol. The molecule has 1 rings (SSSR count). The van der Waals surface area contributed by atoms with Crippen LogP contribution >= 0.6 is 12.6 Å². The van der Waals surface area contributed by atoms with E-state index < -0.39 is 0 Å². The normalized spacial score (nSPS) is 10.7. The molecule has 1 aromatic carbocycles. The van der Waals surface area contributed by atoms with E-state index in [2.05, 4.69) is 45.5 Å². The zero-order valence-electron chi connectivity index (χ0n) is 9.26. The molecule has 0 bridgehead atoms. The van der Waals surface area contributed by atoms with Crippen LogP contribution in [0.4, 0.5) is 0 Å². The predicted octanol–water partition coefficient (Wildman–Crippen LogP) is 0.389. The van der Waals surface area contributed by atoms with E-state index in [0.29, 0.717) is 0 Å². The summed E-state index contributed by atoms with van der Waals surface area (Å²) in [5, 5.41) is 0. The quantitative estimate of drug-likeness (QED) is 0.444. The van der Waals surface area contributed by atoms with Crippen LogP contribution in [0, 0.1) is 0 Å². The molecule has 0 unspecified atom stereocenters. The van der Waals surface area contributed by atoms with Gasteiger partial charge in [0.05, 0.1) is 0 Å². The Balaban J connectivity index is 0. The molecule has 0 aliphatic rings. The molecule has 0 aromatic heterocycles. The Bertz CT molecular complexity index is 238. The van der Waals surface area contributed by atoms with Crippen molar-refractivity contribution in [3.05, 3.63) is 29.8 Å². The molecule has 0 saturated heterocycles. The zero-order valence-corrected chi connectivity index (χ0v) is 11.2.